The maximum atomic E-state index is 12.4. The Hall–Kier alpha value is -2.77. The molecule has 1 saturated heterocycles. The van der Waals surface area contributed by atoms with Crippen LogP contribution in [0.3, 0.4) is 0 Å². The van der Waals surface area contributed by atoms with Crippen LogP contribution in [0.1, 0.15) is 30.1 Å². The van der Waals surface area contributed by atoms with Crippen LogP contribution in [0.4, 0.5) is 0 Å². The van der Waals surface area contributed by atoms with Crippen LogP contribution in [0.15, 0.2) is 42.5 Å². The Morgan fingerprint density at radius 3 is 2.16 bits per heavy atom. The lowest BCUT2D eigenvalue weighted by atomic mass is 10.1. The van der Waals surface area contributed by atoms with Crippen molar-refractivity contribution in [2.24, 2.45) is 0 Å². The number of morpholine rings is 1. The first-order valence-electron chi connectivity index (χ1n) is 11.1. The van der Waals surface area contributed by atoms with Gasteiger partial charge in [0.15, 0.2) is 5.78 Å². The summed E-state index contributed by atoms with van der Waals surface area (Å²) in [5.74, 6) is 2.34. The molecule has 174 valence electrons. The van der Waals surface area contributed by atoms with E-state index in [0.717, 1.165) is 51.4 Å². The minimum atomic E-state index is -0.101. The molecule has 0 saturated carbocycles. The number of para-hydroxylation sites is 1. The van der Waals surface area contributed by atoms with Crippen LogP contribution in [0.25, 0.3) is 0 Å². The van der Waals surface area contributed by atoms with Crippen LogP contribution >= 0.6 is 0 Å². The van der Waals surface area contributed by atoms with Gasteiger partial charge >= 0.3 is 0 Å². The maximum absolute atomic E-state index is 12.4. The largest absolute Gasteiger partial charge is 0.496 e. The van der Waals surface area contributed by atoms with E-state index in [1.165, 1.54) is 6.92 Å². The van der Waals surface area contributed by atoms with E-state index in [4.69, 9.17) is 23.7 Å². The summed E-state index contributed by atoms with van der Waals surface area (Å²) in [6.45, 7) is 7.13. The normalized spacial score (nSPS) is 14.1. The molecule has 3 rings (SSSR count). The Kier molecular flexibility index (Phi) is 9.65. The fourth-order valence-electron chi connectivity index (χ4n) is 3.46. The molecule has 0 spiro atoms. The minimum Gasteiger partial charge on any atom is -0.496 e. The molecule has 1 heterocycles. The van der Waals surface area contributed by atoms with Gasteiger partial charge in [-0.3, -0.25) is 9.69 Å². The van der Waals surface area contributed by atoms with Crippen LogP contribution < -0.4 is 18.9 Å². The molecule has 7 nitrogen and oxygen atoms in total. The van der Waals surface area contributed by atoms with Gasteiger partial charge in [-0.2, -0.15) is 0 Å². The second-order valence-corrected chi connectivity index (χ2v) is 7.57. The number of benzene rings is 2. The third kappa shape index (κ3) is 7.43. The predicted octanol–water partition coefficient (Wildman–Crippen LogP) is 3.85. The van der Waals surface area contributed by atoms with Gasteiger partial charge in [-0.05, 0) is 31.9 Å². The molecule has 0 bridgehead atoms. The molecule has 0 amide bonds. The number of ether oxygens (including phenoxy) is 5. The number of nitrogens with zero attached hydrogens (tertiary/aromatic N) is 1. The van der Waals surface area contributed by atoms with Gasteiger partial charge in [-0.15, -0.1) is 0 Å². The molecule has 1 aliphatic heterocycles. The second kappa shape index (κ2) is 12.9. The van der Waals surface area contributed by atoms with Crippen molar-refractivity contribution in [3.63, 3.8) is 0 Å². The van der Waals surface area contributed by atoms with Crippen molar-refractivity contribution in [3.8, 4) is 23.0 Å². The van der Waals surface area contributed by atoms with Crippen molar-refractivity contribution in [2.75, 3.05) is 59.8 Å². The summed E-state index contributed by atoms with van der Waals surface area (Å²) >= 11 is 0. The highest BCUT2D eigenvalue weighted by Gasteiger charge is 2.19. The summed E-state index contributed by atoms with van der Waals surface area (Å²) in [6, 6.07) is 13.2. The van der Waals surface area contributed by atoms with Crippen LogP contribution in [-0.2, 0) is 4.74 Å². The first-order valence-corrected chi connectivity index (χ1v) is 11.1. The molecule has 1 aliphatic rings. The number of carbonyl (C=O) groups excluding carboxylic acids is 1. The maximum Gasteiger partial charge on any atom is 0.167 e. The fraction of sp³-hybridized carbons (Fsp3) is 0.480. The van der Waals surface area contributed by atoms with Crippen molar-refractivity contribution >= 4 is 5.78 Å². The monoisotopic (exact) mass is 443 g/mol. The molecule has 1 fully saturated rings. The van der Waals surface area contributed by atoms with E-state index in [2.05, 4.69) is 4.90 Å². The molecular weight excluding hydrogens is 410 g/mol. The third-order valence-electron chi connectivity index (χ3n) is 5.20. The quantitative estimate of drug-likeness (QED) is 0.344. The Balaban J connectivity index is 1.53. The average molecular weight is 444 g/mol. The van der Waals surface area contributed by atoms with Crippen LogP contribution in [0.5, 0.6) is 23.0 Å². The van der Waals surface area contributed by atoms with Crippen LogP contribution in [0, 0.1) is 0 Å². The summed E-state index contributed by atoms with van der Waals surface area (Å²) in [7, 11) is 1.59. The SMILES string of the molecule is COc1cc(OCCCCOc2ccccc2)c(C(C)=O)c(OCCN2CCOCC2)c1. The summed E-state index contributed by atoms with van der Waals surface area (Å²) in [5, 5.41) is 0. The molecular formula is C25H33NO6. The molecule has 2 aromatic carbocycles. The van der Waals surface area contributed by atoms with Crippen molar-refractivity contribution < 1.29 is 28.5 Å². The first-order chi connectivity index (χ1) is 15.7. The Morgan fingerprint density at radius 1 is 0.906 bits per heavy atom. The number of ketones is 1. The smallest absolute Gasteiger partial charge is 0.167 e. The molecule has 0 unspecified atom stereocenters. The van der Waals surface area contributed by atoms with Crippen LogP contribution in [0.2, 0.25) is 0 Å². The number of unbranched alkanes of at least 4 members (excludes halogenated alkanes) is 1. The Bertz CT molecular complexity index is 836. The van der Waals surface area contributed by atoms with Crippen molar-refractivity contribution in [3.05, 3.63) is 48.0 Å². The van der Waals surface area contributed by atoms with Gasteiger partial charge in [0.1, 0.15) is 35.2 Å². The number of methoxy groups -OCH3 is 1. The van der Waals surface area contributed by atoms with Gasteiger partial charge < -0.3 is 23.7 Å². The van der Waals surface area contributed by atoms with Crippen molar-refractivity contribution in [1.29, 1.82) is 0 Å². The van der Waals surface area contributed by atoms with Gasteiger partial charge in [-0.1, -0.05) is 18.2 Å². The zero-order valence-electron chi connectivity index (χ0n) is 19.0. The first kappa shape index (κ1) is 23.9. The highest BCUT2D eigenvalue weighted by atomic mass is 16.5. The number of Topliss-reactive ketones (excluding diaryl/α,β-unsaturated/α-hetero) is 1. The summed E-state index contributed by atoms with van der Waals surface area (Å²) in [6.07, 6.45) is 1.64. The molecule has 0 aromatic heterocycles. The summed E-state index contributed by atoms with van der Waals surface area (Å²) in [5.41, 5.74) is 0.452. The Labute approximate surface area is 190 Å². The molecule has 7 heteroatoms. The molecule has 0 aliphatic carbocycles. The molecule has 0 atom stereocenters. The Morgan fingerprint density at radius 2 is 1.53 bits per heavy atom. The molecule has 0 N–H and O–H groups in total. The molecule has 2 aromatic rings. The number of carbonyl (C=O) groups is 1. The lowest BCUT2D eigenvalue weighted by Crippen LogP contribution is -2.38. The number of hydrogen-bond donors (Lipinski definition) is 0. The number of rotatable bonds is 13. The van der Waals surface area contributed by atoms with Gasteiger partial charge in [-0.25, -0.2) is 0 Å². The van der Waals surface area contributed by atoms with E-state index in [0.29, 0.717) is 42.6 Å². The lowest BCUT2D eigenvalue weighted by molar-refractivity contribution is 0.0322. The molecule has 0 radical (unpaired) electrons. The van der Waals surface area contributed by atoms with E-state index in [-0.39, 0.29) is 5.78 Å². The van der Waals surface area contributed by atoms with E-state index >= 15 is 0 Å². The zero-order valence-corrected chi connectivity index (χ0v) is 19.0. The third-order valence-corrected chi connectivity index (χ3v) is 5.20. The summed E-state index contributed by atoms with van der Waals surface area (Å²) < 4.78 is 28.4. The zero-order chi connectivity index (χ0) is 22.6. The van der Waals surface area contributed by atoms with E-state index in [1.54, 1.807) is 19.2 Å². The van der Waals surface area contributed by atoms with Gasteiger partial charge in [0.2, 0.25) is 0 Å². The van der Waals surface area contributed by atoms with Gasteiger partial charge in [0.25, 0.3) is 0 Å². The van der Waals surface area contributed by atoms with Gasteiger partial charge in [0, 0.05) is 31.8 Å². The predicted molar refractivity (Wildman–Crippen MR) is 122 cm³/mol. The van der Waals surface area contributed by atoms with Crippen molar-refractivity contribution in [2.45, 2.75) is 19.8 Å². The average Bonchev–Trinajstić information content (AvgIpc) is 2.82. The van der Waals surface area contributed by atoms with Crippen LogP contribution in [-0.4, -0.2) is 70.5 Å². The lowest BCUT2D eigenvalue weighted by Gasteiger charge is -2.26. The fourth-order valence-corrected chi connectivity index (χ4v) is 3.46. The summed E-state index contributed by atoms with van der Waals surface area (Å²) in [4.78, 5) is 14.7. The standard InChI is InChI=1S/C25H33NO6/c1-20(27)25-23(31-14-7-6-13-30-21-8-4-3-5-9-21)18-22(28-2)19-24(25)32-17-12-26-10-15-29-16-11-26/h3-5,8-9,18-19H,6-7,10-17H2,1-2H3. The highest BCUT2D eigenvalue weighted by Crippen LogP contribution is 2.35. The van der Waals surface area contributed by atoms with E-state index in [1.807, 2.05) is 30.3 Å². The van der Waals surface area contributed by atoms with E-state index < -0.39 is 0 Å². The van der Waals surface area contributed by atoms with E-state index in [9.17, 15) is 4.79 Å². The highest BCUT2D eigenvalue weighted by molar-refractivity contribution is 6.00. The topological polar surface area (TPSA) is 66.5 Å². The minimum absolute atomic E-state index is 0.101. The molecule has 32 heavy (non-hydrogen) atoms. The van der Waals surface area contributed by atoms with Crippen molar-refractivity contribution in [1.82, 2.24) is 4.90 Å². The second-order valence-electron chi connectivity index (χ2n) is 7.57. The van der Waals surface area contributed by atoms with Gasteiger partial charge in [0.05, 0.1) is 33.5 Å². The number of hydrogen-bond acceptors (Lipinski definition) is 7.